The number of nitrogens with zero attached hydrogens (tertiary/aromatic N) is 2. The zero-order valence-corrected chi connectivity index (χ0v) is 20.9. The summed E-state index contributed by atoms with van der Waals surface area (Å²) in [4.78, 5) is 54.7. The Kier molecular flexibility index (Phi) is 8.83. The highest BCUT2D eigenvalue weighted by Crippen LogP contribution is 2.20. The Labute approximate surface area is 210 Å². The number of nitrogens with two attached hydrogens (primary N) is 1. The summed E-state index contributed by atoms with van der Waals surface area (Å²) in [5, 5.41) is 2.75. The number of aryl methyl sites for hydroxylation is 1. The molecule has 36 heavy (non-hydrogen) atoms. The fraction of sp³-hybridized carbons (Fsp3) is 0.333. The zero-order chi connectivity index (χ0) is 26.2. The minimum absolute atomic E-state index is 0.0354. The highest BCUT2D eigenvalue weighted by atomic mass is 16.2. The third-order valence-electron chi connectivity index (χ3n) is 5.80. The van der Waals surface area contributed by atoms with Crippen LogP contribution in [-0.4, -0.2) is 34.5 Å². The predicted molar refractivity (Wildman–Crippen MR) is 141 cm³/mol. The van der Waals surface area contributed by atoms with E-state index in [1.807, 2.05) is 57.2 Å². The molecule has 0 saturated carbocycles. The van der Waals surface area contributed by atoms with Gasteiger partial charge in [0.1, 0.15) is 5.82 Å². The van der Waals surface area contributed by atoms with E-state index < -0.39 is 11.2 Å². The first-order valence-electron chi connectivity index (χ1n) is 12.0. The predicted octanol–water partition coefficient (Wildman–Crippen LogP) is 2.67. The molecule has 0 atom stereocenters. The Morgan fingerprint density at radius 1 is 1.08 bits per heavy atom. The number of H-pyrrole nitrogens is 1. The maximum absolute atomic E-state index is 13.3. The van der Waals surface area contributed by atoms with Crippen LogP contribution in [0.5, 0.6) is 0 Å². The molecule has 9 nitrogen and oxygen atoms in total. The standard InChI is InChI=1S/C27H33N5O4/c1-18(2)13-15-31(22(33)12-14-29-25(34)21-11-7-8-19(3)16-21)23-24(28)32(27(36)30-26(23)35)17-20-9-5-4-6-10-20/h4-11,16,18H,12-15,17,28H2,1-3H3,(H,29,34)(H,30,35,36). The van der Waals surface area contributed by atoms with Gasteiger partial charge in [-0.1, -0.05) is 61.9 Å². The van der Waals surface area contributed by atoms with Crippen LogP contribution in [0.1, 0.15) is 48.2 Å². The topological polar surface area (TPSA) is 130 Å². The number of hydrogen-bond donors (Lipinski definition) is 3. The van der Waals surface area contributed by atoms with Gasteiger partial charge in [-0.05, 0) is 37.0 Å². The van der Waals surface area contributed by atoms with E-state index in [0.717, 1.165) is 11.1 Å². The van der Waals surface area contributed by atoms with Crippen LogP contribution in [0.3, 0.4) is 0 Å². The van der Waals surface area contributed by atoms with E-state index in [1.165, 1.54) is 9.47 Å². The van der Waals surface area contributed by atoms with E-state index >= 15 is 0 Å². The number of aromatic amines is 1. The number of rotatable bonds is 10. The summed E-state index contributed by atoms with van der Waals surface area (Å²) >= 11 is 0. The van der Waals surface area contributed by atoms with Gasteiger partial charge in [-0.2, -0.15) is 0 Å². The first-order valence-corrected chi connectivity index (χ1v) is 12.0. The number of amides is 2. The molecule has 2 amide bonds. The lowest BCUT2D eigenvalue weighted by Crippen LogP contribution is -2.43. The van der Waals surface area contributed by atoms with Gasteiger partial charge in [-0.15, -0.1) is 0 Å². The molecule has 2 aromatic carbocycles. The van der Waals surface area contributed by atoms with E-state index in [1.54, 1.807) is 18.2 Å². The quantitative estimate of drug-likeness (QED) is 0.401. The Hall–Kier alpha value is -4.14. The largest absolute Gasteiger partial charge is 0.383 e. The molecule has 1 aromatic heterocycles. The van der Waals surface area contributed by atoms with E-state index in [2.05, 4.69) is 10.3 Å². The van der Waals surface area contributed by atoms with Crippen LogP contribution >= 0.6 is 0 Å². The first-order chi connectivity index (χ1) is 17.2. The van der Waals surface area contributed by atoms with Crippen molar-refractivity contribution in [2.75, 3.05) is 23.7 Å². The molecule has 0 aliphatic rings. The molecule has 0 spiro atoms. The Bertz CT molecular complexity index is 1330. The Morgan fingerprint density at radius 2 is 1.81 bits per heavy atom. The lowest BCUT2D eigenvalue weighted by atomic mass is 10.1. The summed E-state index contributed by atoms with van der Waals surface area (Å²) < 4.78 is 1.25. The van der Waals surface area contributed by atoms with Gasteiger partial charge in [0.05, 0.1) is 6.54 Å². The van der Waals surface area contributed by atoms with Crippen molar-refractivity contribution in [3.63, 3.8) is 0 Å². The number of nitrogen functional groups attached to an aromatic ring is 1. The fourth-order valence-corrected chi connectivity index (χ4v) is 3.82. The molecule has 9 heteroatoms. The summed E-state index contributed by atoms with van der Waals surface area (Å²) in [6, 6.07) is 16.4. The number of carbonyl (C=O) groups excluding carboxylic acids is 2. The van der Waals surface area contributed by atoms with Gasteiger partial charge in [-0.3, -0.25) is 23.9 Å². The Balaban J connectivity index is 1.84. The van der Waals surface area contributed by atoms with E-state index in [9.17, 15) is 19.2 Å². The fourth-order valence-electron chi connectivity index (χ4n) is 3.82. The van der Waals surface area contributed by atoms with Crippen molar-refractivity contribution in [3.05, 3.63) is 92.1 Å². The average molecular weight is 492 g/mol. The molecule has 1 heterocycles. The third kappa shape index (κ3) is 6.71. The van der Waals surface area contributed by atoms with Gasteiger partial charge < -0.3 is 16.0 Å². The van der Waals surface area contributed by atoms with Gasteiger partial charge in [0, 0.05) is 25.1 Å². The maximum Gasteiger partial charge on any atom is 0.330 e. The molecule has 3 rings (SSSR count). The molecule has 3 aromatic rings. The second-order valence-electron chi connectivity index (χ2n) is 9.17. The zero-order valence-electron chi connectivity index (χ0n) is 20.9. The molecule has 0 bridgehead atoms. The molecule has 4 N–H and O–H groups in total. The average Bonchev–Trinajstić information content (AvgIpc) is 2.84. The van der Waals surface area contributed by atoms with Crippen molar-refractivity contribution >= 4 is 23.3 Å². The lowest BCUT2D eigenvalue weighted by Gasteiger charge is -2.25. The lowest BCUT2D eigenvalue weighted by molar-refractivity contribution is -0.118. The monoisotopic (exact) mass is 491 g/mol. The molecule has 0 fully saturated rings. The summed E-state index contributed by atoms with van der Waals surface area (Å²) in [6.45, 7) is 6.40. The number of anilines is 2. The van der Waals surface area contributed by atoms with Crippen LogP contribution in [0.4, 0.5) is 11.5 Å². The summed E-state index contributed by atoms with van der Waals surface area (Å²) in [5.41, 5.74) is 7.19. The van der Waals surface area contributed by atoms with Gasteiger partial charge in [0.2, 0.25) is 5.91 Å². The van der Waals surface area contributed by atoms with Crippen LogP contribution in [0.25, 0.3) is 0 Å². The second kappa shape index (κ2) is 12.0. The van der Waals surface area contributed by atoms with Gasteiger partial charge in [-0.25, -0.2) is 4.79 Å². The molecule has 0 radical (unpaired) electrons. The molecule has 190 valence electrons. The molecule has 0 aliphatic heterocycles. The van der Waals surface area contributed by atoms with Crippen LogP contribution in [-0.2, 0) is 11.3 Å². The molecule has 0 aliphatic carbocycles. The van der Waals surface area contributed by atoms with Gasteiger partial charge in [0.25, 0.3) is 11.5 Å². The summed E-state index contributed by atoms with van der Waals surface area (Å²) in [6.07, 6.45) is 0.588. The minimum atomic E-state index is -0.720. The molecular formula is C27H33N5O4. The van der Waals surface area contributed by atoms with Crippen molar-refractivity contribution in [1.29, 1.82) is 0 Å². The number of benzene rings is 2. The van der Waals surface area contributed by atoms with Crippen LogP contribution in [0, 0.1) is 12.8 Å². The number of nitrogens with one attached hydrogen (secondary N) is 2. The number of aromatic nitrogens is 2. The molecule has 0 unspecified atom stereocenters. The smallest absolute Gasteiger partial charge is 0.330 e. The van der Waals surface area contributed by atoms with Crippen molar-refractivity contribution in [1.82, 2.24) is 14.9 Å². The molecule has 0 saturated heterocycles. The van der Waals surface area contributed by atoms with Crippen molar-refractivity contribution < 1.29 is 9.59 Å². The van der Waals surface area contributed by atoms with E-state index in [4.69, 9.17) is 5.73 Å². The highest BCUT2D eigenvalue weighted by molar-refractivity contribution is 5.97. The van der Waals surface area contributed by atoms with Crippen molar-refractivity contribution in [2.24, 2.45) is 5.92 Å². The number of carbonyl (C=O) groups is 2. The SMILES string of the molecule is Cc1cccc(C(=O)NCCC(=O)N(CCC(C)C)c2c(N)n(Cc3ccccc3)c(=O)[nH]c2=O)c1. The van der Waals surface area contributed by atoms with Crippen molar-refractivity contribution in [3.8, 4) is 0 Å². The maximum atomic E-state index is 13.3. The second-order valence-corrected chi connectivity index (χ2v) is 9.17. The van der Waals surface area contributed by atoms with E-state index in [0.29, 0.717) is 12.0 Å². The highest BCUT2D eigenvalue weighted by Gasteiger charge is 2.24. The normalized spacial score (nSPS) is 10.9. The minimum Gasteiger partial charge on any atom is -0.383 e. The van der Waals surface area contributed by atoms with Gasteiger partial charge >= 0.3 is 5.69 Å². The van der Waals surface area contributed by atoms with Crippen LogP contribution < -0.4 is 27.2 Å². The van der Waals surface area contributed by atoms with E-state index in [-0.39, 0.29) is 55.3 Å². The van der Waals surface area contributed by atoms with Gasteiger partial charge in [0.15, 0.2) is 5.69 Å². The molecular weight excluding hydrogens is 458 g/mol. The van der Waals surface area contributed by atoms with Crippen LogP contribution in [0.2, 0.25) is 0 Å². The van der Waals surface area contributed by atoms with Crippen molar-refractivity contribution in [2.45, 2.75) is 40.2 Å². The van der Waals surface area contributed by atoms with Crippen LogP contribution in [0.15, 0.2) is 64.2 Å². The summed E-state index contributed by atoms with van der Waals surface area (Å²) in [5.74, 6) is -0.471. The first kappa shape index (κ1) is 26.5. The third-order valence-corrected chi connectivity index (χ3v) is 5.80. The number of hydrogen-bond acceptors (Lipinski definition) is 5. The summed E-state index contributed by atoms with van der Waals surface area (Å²) in [7, 11) is 0. The Morgan fingerprint density at radius 3 is 2.47 bits per heavy atom.